The molecule has 0 amide bonds. The summed E-state index contributed by atoms with van der Waals surface area (Å²) in [6.07, 6.45) is 10.1. The second-order valence-electron chi connectivity index (χ2n) is 8.61. The van der Waals surface area contributed by atoms with E-state index >= 15 is 0 Å². The zero-order chi connectivity index (χ0) is 17.3. The molecule has 0 saturated heterocycles. The van der Waals surface area contributed by atoms with Gasteiger partial charge in [0.05, 0.1) is 0 Å². The van der Waals surface area contributed by atoms with Crippen molar-refractivity contribution in [3.05, 3.63) is 36.0 Å². The predicted molar refractivity (Wildman–Crippen MR) is 94.4 cm³/mol. The predicted octanol–water partition coefficient (Wildman–Crippen LogP) is 3.37. The summed E-state index contributed by atoms with van der Waals surface area (Å²) < 4.78 is 0. The lowest BCUT2D eigenvalue weighted by Crippen LogP contribution is -2.66. The number of allylic oxidation sites excluding steroid dienone is 5. The summed E-state index contributed by atoms with van der Waals surface area (Å²) in [6, 6.07) is 0. The van der Waals surface area contributed by atoms with Gasteiger partial charge < -0.3 is 5.32 Å². The van der Waals surface area contributed by atoms with Crippen LogP contribution in [-0.4, -0.2) is 24.2 Å². The minimum absolute atomic E-state index is 0.0714. The first-order valence-corrected chi connectivity index (χ1v) is 9.14. The van der Waals surface area contributed by atoms with Gasteiger partial charge in [0.15, 0.2) is 5.78 Å². The van der Waals surface area contributed by atoms with Crippen molar-refractivity contribution >= 4 is 11.6 Å². The lowest BCUT2D eigenvalue weighted by Gasteiger charge is -2.61. The fourth-order valence-electron chi connectivity index (χ4n) is 6.55. The second kappa shape index (κ2) is 4.78. The topological polar surface area (TPSA) is 46.2 Å². The monoisotopic (exact) mass is 325 g/mol. The first-order valence-electron chi connectivity index (χ1n) is 9.14. The van der Waals surface area contributed by atoms with Crippen molar-refractivity contribution < 1.29 is 9.59 Å². The summed E-state index contributed by atoms with van der Waals surface area (Å²) in [5.74, 6) is 1.33. The van der Waals surface area contributed by atoms with E-state index in [1.807, 2.05) is 7.05 Å². The molecule has 3 heteroatoms. The molecule has 0 radical (unpaired) electrons. The molecule has 4 aliphatic carbocycles. The zero-order valence-electron chi connectivity index (χ0n) is 14.9. The molecule has 0 aromatic heterocycles. The fraction of sp³-hybridized carbons (Fsp3) is 0.619. The van der Waals surface area contributed by atoms with Gasteiger partial charge in [0.1, 0.15) is 5.78 Å². The van der Waals surface area contributed by atoms with E-state index in [9.17, 15) is 9.59 Å². The van der Waals surface area contributed by atoms with Crippen LogP contribution in [0.2, 0.25) is 0 Å². The summed E-state index contributed by atoms with van der Waals surface area (Å²) in [5, 5.41) is 3.62. The van der Waals surface area contributed by atoms with Crippen molar-refractivity contribution in [3.63, 3.8) is 0 Å². The Kier molecular flexibility index (Phi) is 3.19. The SMILES string of the molecule is C=C1CC2C(CCC3(C)C(=O)CCC23NC)C2(C)C=CC(=O)C=C12. The largest absolute Gasteiger partial charge is 0.313 e. The van der Waals surface area contributed by atoms with Crippen LogP contribution >= 0.6 is 0 Å². The van der Waals surface area contributed by atoms with E-state index in [-0.39, 0.29) is 22.2 Å². The third-order valence-electron chi connectivity index (χ3n) is 7.94. The van der Waals surface area contributed by atoms with Crippen molar-refractivity contribution in [3.8, 4) is 0 Å². The zero-order valence-corrected chi connectivity index (χ0v) is 14.9. The van der Waals surface area contributed by atoms with Gasteiger partial charge in [-0.3, -0.25) is 9.59 Å². The van der Waals surface area contributed by atoms with Crippen LogP contribution < -0.4 is 5.32 Å². The Hall–Kier alpha value is -1.48. The van der Waals surface area contributed by atoms with Crippen LogP contribution in [0.1, 0.15) is 46.0 Å². The minimum Gasteiger partial charge on any atom is -0.313 e. The molecule has 4 rings (SSSR count). The van der Waals surface area contributed by atoms with Crippen molar-refractivity contribution in [2.75, 3.05) is 7.05 Å². The van der Waals surface area contributed by atoms with Gasteiger partial charge in [0, 0.05) is 22.8 Å². The molecule has 24 heavy (non-hydrogen) atoms. The standard InChI is InChI=1S/C21H27NO2/c1-13-11-17-15(19(2)8-5-14(23)12-16(13)19)6-9-20(3)18(24)7-10-21(17,20)22-4/h5,8,12,15,17,22H,1,6-7,9-11H2,2-4H3. The molecule has 0 aromatic rings. The van der Waals surface area contributed by atoms with E-state index in [2.05, 4.69) is 31.8 Å². The molecule has 1 N–H and O–H groups in total. The first kappa shape index (κ1) is 16.0. The van der Waals surface area contributed by atoms with Crippen molar-refractivity contribution in [2.24, 2.45) is 22.7 Å². The number of nitrogens with one attached hydrogen (secondary N) is 1. The molecule has 4 aliphatic rings. The first-order chi connectivity index (χ1) is 11.3. The third kappa shape index (κ3) is 1.67. The van der Waals surface area contributed by atoms with E-state index in [0.29, 0.717) is 24.0 Å². The Morgan fingerprint density at radius 3 is 2.67 bits per heavy atom. The number of hydrogen-bond acceptors (Lipinski definition) is 3. The van der Waals surface area contributed by atoms with Gasteiger partial charge in [-0.2, -0.15) is 0 Å². The Morgan fingerprint density at radius 1 is 1.21 bits per heavy atom. The molecular formula is C21H27NO2. The van der Waals surface area contributed by atoms with Gasteiger partial charge in [0.25, 0.3) is 0 Å². The average Bonchev–Trinajstić information content (AvgIpc) is 2.82. The van der Waals surface area contributed by atoms with Crippen LogP contribution in [0.3, 0.4) is 0 Å². The molecule has 3 saturated carbocycles. The highest BCUT2D eigenvalue weighted by Crippen LogP contribution is 2.65. The molecule has 0 spiro atoms. The van der Waals surface area contributed by atoms with E-state index in [4.69, 9.17) is 0 Å². The van der Waals surface area contributed by atoms with Gasteiger partial charge in [-0.25, -0.2) is 0 Å². The lowest BCUT2D eigenvalue weighted by atomic mass is 9.45. The van der Waals surface area contributed by atoms with E-state index in [0.717, 1.165) is 36.8 Å². The highest BCUT2D eigenvalue weighted by atomic mass is 16.1. The summed E-state index contributed by atoms with van der Waals surface area (Å²) in [4.78, 5) is 24.6. The Bertz CT molecular complexity index is 717. The van der Waals surface area contributed by atoms with Crippen LogP contribution in [0.15, 0.2) is 36.0 Å². The van der Waals surface area contributed by atoms with E-state index in [1.165, 1.54) is 0 Å². The van der Waals surface area contributed by atoms with Crippen molar-refractivity contribution in [1.29, 1.82) is 0 Å². The summed E-state index contributed by atoms with van der Waals surface area (Å²) >= 11 is 0. The number of rotatable bonds is 1. The summed E-state index contributed by atoms with van der Waals surface area (Å²) in [6.45, 7) is 8.75. The molecular weight excluding hydrogens is 298 g/mol. The van der Waals surface area contributed by atoms with Gasteiger partial charge in [-0.05, 0) is 62.3 Å². The number of carbonyl (C=O) groups excluding carboxylic acids is 2. The van der Waals surface area contributed by atoms with Gasteiger partial charge >= 0.3 is 0 Å². The van der Waals surface area contributed by atoms with Gasteiger partial charge in [-0.1, -0.05) is 32.1 Å². The molecule has 0 heterocycles. The number of carbonyl (C=O) groups is 2. The van der Waals surface area contributed by atoms with Crippen LogP contribution in [0, 0.1) is 22.7 Å². The van der Waals surface area contributed by atoms with E-state index in [1.54, 1.807) is 12.2 Å². The Labute approximate surface area is 144 Å². The highest BCUT2D eigenvalue weighted by Gasteiger charge is 2.66. The molecule has 3 nitrogen and oxygen atoms in total. The van der Waals surface area contributed by atoms with Crippen molar-refractivity contribution in [1.82, 2.24) is 5.32 Å². The van der Waals surface area contributed by atoms with Gasteiger partial charge in [-0.15, -0.1) is 0 Å². The fourth-order valence-corrected chi connectivity index (χ4v) is 6.55. The van der Waals surface area contributed by atoms with Crippen LogP contribution in [-0.2, 0) is 9.59 Å². The van der Waals surface area contributed by atoms with Crippen LogP contribution in [0.4, 0.5) is 0 Å². The smallest absolute Gasteiger partial charge is 0.178 e. The van der Waals surface area contributed by atoms with E-state index < -0.39 is 0 Å². The second-order valence-corrected chi connectivity index (χ2v) is 8.61. The lowest BCUT2D eigenvalue weighted by molar-refractivity contribution is -0.134. The maximum Gasteiger partial charge on any atom is 0.178 e. The molecule has 0 bridgehead atoms. The molecule has 5 atom stereocenters. The quantitative estimate of drug-likeness (QED) is 0.804. The molecule has 0 aliphatic heterocycles. The molecule has 128 valence electrons. The summed E-state index contributed by atoms with van der Waals surface area (Å²) in [5.41, 5.74) is 1.66. The Balaban J connectivity index is 1.85. The van der Waals surface area contributed by atoms with Crippen LogP contribution in [0.25, 0.3) is 0 Å². The molecule has 3 fully saturated rings. The van der Waals surface area contributed by atoms with Crippen molar-refractivity contribution in [2.45, 2.75) is 51.5 Å². The normalized spacial score (nSPS) is 47.1. The third-order valence-corrected chi connectivity index (χ3v) is 7.94. The number of Topliss-reactive ketones (excluding diaryl/α,β-unsaturated/α-hetero) is 1. The Morgan fingerprint density at radius 2 is 1.96 bits per heavy atom. The minimum atomic E-state index is -0.269. The summed E-state index contributed by atoms with van der Waals surface area (Å²) in [7, 11) is 2.02. The molecule has 5 unspecified atom stereocenters. The maximum atomic E-state index is 12.7. The highest BCUT2D eigenvalue weighted by molar-refractivity contribution is 6.02. The van der Waals surface area contributed by atoms with Gasteiger partial charge in [0.2, 0.25) is 0 Å². The average molecular weight is 325 g/mol. The number of hydrogen-bond donors (Lipinski definition) is 1. The maximum absolute atomic E-state index is 12.7. The number of fused-ring (bicyclic) bond motifs is 5. The van der Waals surface area contributed by atoms with Crippen LogP contribution in [0.5, 0.6) is 0 Å². The number of ketones is 2. The molecule has 0 aromatic carbocycles.